The predicted molar refractivity (Wildman–Crippen MR) is 79.2 cm³/mol. The van der Waals surface area contributed by atoms with E-state index >= 15 is 0 Å². The maximum atomic E-state index is 12.5. The molecule has 4 heteroatoms. The first kappa shape index (κ1) is 14.5. The minimum atomic E-state index is -0.261. The average molecular weight is 326 g/mol. The first-order valence-electron chi connectivity index (χ1n) is 6.72. The Morgan fingerprint density at radius 3 is 2.74 bits per heavy atom. The Balaban J connectivity index is 2.04. The van der Waals surface area contributed by atoms with Crippen LogP contribution in [0.15, 0.2) is 30.3 Å². The number of benzene rings is 1. The minimum absolute atomic E-state index is 0.119. The van der Waals surface area contributed by atoms with Crippen LogP contribution in [-0.4, -0.2) is 35.4 Å². The molecule has 1 heterocycles. The van der Waals surface area contributed by atoms with Gasteiger partial charge in [0.25, 0.3) is 5.91 Å². The highest BCUT2D eigenvalue weighted by atomic mass is 79.9. The van der Waals surface area contributed by atoms with Crippen molar-refractivity contribution in [2.75, 3.05) is 18.5 Å². The fraction of sp³-hybridized carbons (Fsp3) is 0.533. The van der Waals surface area contributed by atoms with Crippen LogP contribution in [0.3, 0.4) is 0 Å². The number of carbonyl (C=O) groups excluding carboxylic acids is 1. The van der Waals surface area contributed by atoms with Gasteiger partial charge in [-0.25, -0.2) is 0 Å². The van der Waals surface area contributed by atoms with Gasteiger partial charge >= 0.3 is 0 Å². The quantitative estimate of drug-likeness (QED) is 0.779. The lowest BCUT2D eigenvalue weighted by molar-refractivity contribution is -0.142. The zero-order valence-corrected chi connectivity index (χ0v) is 12.8. The number of rotatable bonds is 5. The summed E-state index contributed by atoms with van der Waals surface area (Å²) in [5, 5.41) is 0.784. The lowest BCUT2D eigenvalue weighted by Gasteiger charge is -2.26. The molecule has 3 nitrogen and oxygen atoms in total. The van der Waals surface area contributed by atoms with E-state index in [0.29, 0.717) is 25.6 Å². The molecule has 2 unspecified atom stereocenters. The van der Waals surface area contributed by atoms with E-state index in [1.165, 1.54) is 0 Å². The summed E-state index contributed by atoms with van der Waals surface area (Å²) in [7, 11) is 0. The molecular weight excluding hydrogens is 306 g/mol. The van der Waals surface area contributed by atoms with Crippen LogP contribution >= 0.6 is 15.9 Å². The van der Waals surface area contributed by atoms with Crippen molar-refractivity contribution in [1.82, 2.24) is 4.90 Å². The molecule has 1 saturated heterocycles. The number of nitrogens with zero attached hydrogens (tertiary/aromatic N) is 1. The van der Waals surface area contributed by atoms with Crippen molar-refractivity contribution in [3.63, 3.8) is 0 Å². The lowest BCUT2D eigenvalue weighted by Crippen LogP contribution is -2.41. The van der Waals surface area contributed by atoms with E-state index in [2.05, 4.69) is 22.9 Å². The third-order valence-electron chi connectivity index (χ3n) is 3.51. The van der Waals surface area contributed by atoms with Gasteiger partial charge in [-0.2, -0.15) is 0 Å². The van der Waals surface area contributed by atoms with Crippen molar-refractivity contribution < 1.29 is 9.53 Å². The SMILES string of the molecule is CC1CCOC1C(=O)N(CCBr)Cc1ccccc1. The van der Waals surface area contributed by atoms with Gasteiger partial charge in [0.05, 0.1) is 0 Å². The number of carbonyl (C=O) groups is 1. The molecule has 0 aliphatic carbocycles. The smallest absolute Gasteiger partial charge is 0.252 e. The molecule has 1 aliphatic heterocycles. The molecule has 2 rings (SSSR count). The second-order valence-electron chi connectivity index (χ2n) is 4.99. The number of hydrogen-bond donors (Lipinski definition) is 0. The maximum Gasteiger partial charge on any atom is 0.252 e. The molecule has 1 fully saturated rings. The van der Waals surface area contributed by atoms with Crippen LogP contribution in [0.5, 0.6) is 0 Å². The van der Waals surface area contributed by atoms with Crippen LogP contribution in [-0.2, 0) is 16.1 Å². The average Bonchev–Trinajstić information content (AvgIpc) is 2.85. The topological polar surface area (TPSA) is 29.5 Å². The summed E-state index contributed by atoms with van der Waals surface area (Å²) in [5.74, 6) is 0.439. The summed E-state index contributed by atoms with van der Waals surface area (Å²) < 4.78 is 5.59. The largest absolute Gasteiger partial charge is 0.368 e. The Morgan fingerprint density at radius 2 is 2.16 bits per heavy atom. The highest BCUT2D eigenvalue weighted by molar-refractivity contribution is 9.09. The summed E-state index contributed by atoms with van der Waals surface area (Å²) in [6.45, 7) is 4.15. The normalized spacial score (nSPS) is 22.4. The Morgan fingerprint density at radius 1 is 1.42 bits per heavy atom. The monoisotopic (exact) mass is 325 g/mol. The highest BCUT2D eigenvalue weighted by Gasteiger charge is 2.33. The Kier molecular flexibility index (Phi) is 5.40. The van der Waals surface area contributed by atoms with Gasteiger partial charge < -0.3 is 9.64 Å². The zero-order valence-electron chi connectivity index (χ0n) is 11.2. The van der Waals surface area contributed by atoms with Gasteiger partial charge in [0.1, 0.15) is 6.10 Å². The maximum absolute atomic E-state index is 12.5. The van der Waals surface area contributed by atoms with Crippen LogP contribution in [0.2, 0.25) is 0 Å². The number of halogens is 1. The minimum Gasteiger partial charge on any atom is -0.368 e. The fourth-order valence-corrected chi connectivity index (χ4v) is 2.79. The van der Waals surface area contributed by atoms with E-state index in [4.69, 9.17) is 4.74 Å². The van der Waals surface area contributed by atoms with Crippen molar-refractivity contribution in [2.45, 2.75) is 26.0 Å². The Labute approximate surface area is 123 Å². The van der Waals surface area contributed by atoms with E-state index in [0.717, 1.165) is 17.3 Å². The van der Waals surface area contributed by atoms with Crippen molar-refractivity contribution in [2.24, 2.45) is 5.92 Å². The van der Waals surface area contributed by atoms with Gasteiger partial charge in [0.15, 0.2) is 0 Å². The first-order chi connectivity index (χ1) is 9.22. The van der Waals surface area contributed by atoms with Gasteiger partial charge in [0, 0.05) is 25.0 Å². The zero-order chi connectivity index (χ0) is 13.7. The molecular formula is C15H20BrNO2. The lowest BCUT2D eigenvalue weighted by atomic mass is 10.0. The van der Waals surface area contributed by atoms with E-state index in [1.54, 1.807) is 0 Å². The van der Waals surface area contributed by atoms with Gasteiger partial charge in [-0.3, -0.25) is 4.79 Å². The number of amides is 1. The summed E-state index contributed by atoms with van der Waals surface area (Å²) in [4.78, 5) is 14.4. The summed E-state index contributed by atoms with van der Waals surface area (Å²) in [5.41, 5.74) is 1.16. The molecule has 1 aromatic rings. The second kappa shape index (κ2) is 7.06. The molecule has 1 aliphatic rings. The summed E-state index contributed by atoms with van der Waals surface area (Å²) >= 11 is 3.42. The van der Waals surface area contributed by atoms with E-state index in [1.807, 2.05) is 35.2 Å². The van der Waals surface area contributed by atoms with Crippen molar-refractivity contribution >= 4 is 21.8 Å². The predicted octanol–water partition coefficient (Wildman–Crippen LogP) is 2.84. The molecule has 0 spiro atoms. The standard InChI is InChI=1S/C15H20BrNO2/c1-12-7-10-19-14(12)15(18)17(9-8-16)11-13-5-3-2-4-6-13/h2-6,12,14H,7-11H2,1H3. The van der Waals surface area contributed by atoms with E-state index in [-0.39, 0.29) is 12.0 Å². The van der Waals surface area contributed by atoms with Crippen molar-refractivity contribution in [3.8, 4) is 0 Å². The molecule has 0 saturated carbocycles. The number of alkyl halides is 1. The number of hydrogen-bond acceptors (Lipinski definition) is 2. The van der Waals surface area contributed by atoms with Crippen molar-refractivity contribution in [1.29, 1.82) is 0 Å². The van der Waals surface area contributed by atoms with E-state index < -0.39 is 0 Å². The van der Waals surface area contributed by atoms with Crippen LogP contribution in [0.4, 0.5) is 0 Å². The molecule has 1 aromatic carbocycles. The molecule has 19 heavy (non-hydrogen) atoms. The molecule has 0 aromatic heterocycles. The van der Waals surface area contributed by atoms with E-state index in [9.17, 15) is 4.79 Å². The summed E-state index contributed by atoms with van der Waals surface area (Å²) in [6.07, 6.45) is 0.715. The highest BCUT2D eigenvalue weighted by Crippen LogP contribution is 2.22. The van der Waals surface area contributed by atoms with Crippen LogP contribution < -0.4 is 0 Å². The van der Waals surface area contributed by atoms with Gasteiger partial charge in [-0.15, -0.1) is 0 Å². The fourth-order valence-electron chi connectivity index (χ4n) is 2.36. The molecule has 0 bridgehead atoms. The van der Waals surface area contributed by atoms with Crippen LogP contribution in [0.25, 0.3) is 0 Å². The molecule has 1 amide bonds. The molecule has 104 valence electrons. The summed E-state index contributed by atoms with van der Waals surface area (Å²) in [6, 6.07) is 10.1. The van der Waals surface area contributed by atoms with Crippen LogP contribution in [0.1, 0.15) is 18.9 Å². The molecule has 0 radical (unpaired) electrons. The van der Waals surface area contributed by atoms with Gasteiger partial charge in [-0.05, 0) is 17.9 Å². The van der Waals surface area contributed by atoms with Crippen LogP contribution in [0, 0.1) is 5.92 Å². The molecule has 2 atom stereocenters. The van der Waals surface area contributed by atoms with Gasteiger partial charge in [-0.1, -0.05) is 53.2 Å². The first-order valence-corrected chi connectivity index (χ1v) is 7.85. The Hall–Kier alpha value is -0.870. The third kappa shape index (κ3) is 3.80. The third-order valence-corrected chi connectivity index (χ3v) is 3.87. The Bertz CT molecular complexity index is 410. The molecule has 0 N–H and O–H groups in total. The van der Waals surface area contributed by atoms with Crippen molar-refractivity contribution in [3.05, 3.63) is 35.9 Å². The second-order valence-corrected chi connectivity index (χ2v) is 5.78. The van der Waals surface area contributed by atoms with Gasteiger partial charge in [0.2, 0.25) is 0 Å². The number of ether oxygens (including phenoxy) is 1.